The molecule has 0 saturated carbocycles. The zero-order valence-corrected chi connectivity index (χ0v) is 12.3. The molecule has 1 aromatic rings. The quantitative estimate of drug-likeness (QED) is 0.652. The first-order chi connectivity index (χ1) is 9.75. The van der Waals surface area contributed by atoms with Gasteiger partial charge in [-0.05, 0) is 18.6 Å². The van der Waals surface area contributed by atoms with Gasteiger partial charge in [0.15, 0.2) is 5.03 Å². The molecule has 0 aliphatic carbocycles. The number of sulfonamides is 1. The number of aromatic nitrogens is 1. The van der Waals surface area contributed by atoms with E-state index in [0.29, 0.717) is 12.8 Å². The van der Waals surface area contributed by atoms with Crippen molar-refractivity contribution in [2.45, 2.75) is 37.3 Å². The van der Waals surface area contributed by atoms with Crippen molar-refractivity contribution in [1.82, 2.24) is 10.3 Å². The number of pyridine rings is 1. The van der Waals surface area contributed by atoms with Crippen LogP contribution in [-0.4, -0.2) is 36.4 Å². The van der Waals surface area contributed by atoms with Gasteiger partial charge in [0.05, 0.1) is 0 Å². The topological polar surface area (TPSA) is 139 Å². The monoisotopic (exact) mass is 315 g/mol. The van der Waals surface area contributed by atoms with Crippen LogP contribution in [0.15, 0.2) is 23.4 Å². The summed E-state index contributed by atoms with van der Waals surface area (Å²) >= 11 is 0. The molecule has 0 aliphatic rings. The number of carbonyl (C=O) groups is 2. The van der Waals surface area contributed by atoms with E-state index >= 15 is 0 Å². The van der Waals surface area contributed by atoms with Crippen LogP contribution in [0.1, 0.15) is 36.5 Å². The third-order valence-corrected chi connectivity index (χ3v) is 3.54. The highest BCUT2D eigenvalue weighted by atomic mass is 32.2. The van der Waals surface area contributed by atoms with Crippen LogP contribution in [0.5, 0.6) is 0 Å². The van der Waals surface area contributed by atoms with E-state index < -0.39 is 33.0 Å². The van der Waals surface area contributed by atoms with Gasteiger partial charge in [0.25, 0.3) is 15.9 Å². The Morgan fingerprint density at radius 3 is 2.67 bits per heavy atom. The molecule has 1 amide bonds. The summed E-state index contributed by atoms with van der Waals surface area (Å²) in [5, 5.41) is 15.9. The van der Waals surface area contributed by atoms with Crippen LogP contribution in [0.3, 0.4) is 0 Å². The van der Waals surface area contributed by atoms with E-state index in [1.807, 2.05) is 6.92 Å². The Balaban J connectivity index is 2.90. The molecule has 116 valence electrons. The number of aliphatic carboxylic acids is 1. The average molecular weight is 315 g/mol. The Morgan fingerprint density at radius 1 is 1.48 bits per heavy atom. The average Bonchev–Trinajstić information content (AvgIpc) is 2.42. The summed E-state index contributed by atoms with van der Waals surface area (Å²) in [6, 6.07) is 1.26. The molecule has 0 aliphatic heterocycles. The molecule has 0 fully saturated rings. The molecular formula is C12H17N3O5S. The van der Waals surface area contributed by atoms with E-state index in [-0.39, 0.29) is 5.56 Å². The Bertz CT molecular complexity index is 630. The lowest BCUT2D eigenvalue weighted by molar-refractivity contribution is -0.139. The highest BCUT2D eigenvalue weighted by molar-refractivity contribution is 7.89. The summed E-state index contributed by atoms with van der Waals surface area (Å²) in [5.41, 5.74) is -0.0169. The number of carbonyl (C=O) groups excluding carboxylic acids is 1. The molecule has 1 aromatic heterocycles. The third kappa shape index (κ3) is 5.12. The minimum atomic E-state index is -4.03. The van der Waals surface area contributed by atoms with Gasteiger partial charge in [-0.1, -0.05) is 19.8 Å². The van der Waals surface area contributed by atoms with Crippen molar-refractivity contribution >= 4 is 21.9 Å². The molecule has 0 spiro atoms. The number of amides is 1. The fourth-order valence-corrected chi connectivity index (χ4v) is 2.11. The number of primary sulfonamides is 1. The zero-order chi connectivity index (χ0) is 16.0. The van der Waals surface area contributed by atoms with Crippen molar-refractivity contribution in [1.29, 1.82) is 0 Å². The third-order valence-electron chi connectivity index (χ3n) is 2.74. The van der Waals surface area contributed by atoms with Crippen molar-refractivity contribution < 1.29 is 23.1 Å². The molecule has 1 rings (SSSR count). The van der Waals surface area contributed by atoms with Gasteiger partial charge in [-0.2, -0.15) is 0 Å². The van der Waals surface area contributed by atoms with Crippen LogP contribution in [0, 0.1) is 0 Å². The van der Waals surface area contributed by atoms with E-state index in [2.05, 4.69) is 10.3 Å². The molecule has 0 radical (unpaired) electrons. The summed E-state index contributed by atoms with van der Waals surface area (Å²) < 4.78 is 22.3. The minimum absolute atomic E-state index is 0.0169. The number of nitrogens with two attached hydrogens (primary N) is 1. The van der Waals surface area contributed by atoms with Gasteiger partial charge in [0, 0.05) is 11.8 Å². The number of unbranched alkanes of at least 4 members (excludes halogenated alkanes) is 1. The van der Waals surface area contributed by atoms with Crippen molar-refractivity contribution in [3.63, 3.8) is 0 Å². The predicted molar refractivity (Wildman–Crippen MR) is 74.0 cm³/mol. The fraction of sp³-hybridized carbons (Fsp3) is 0.417. The van der Waals surface area contributed by atoms with Crippen LogP contribution < -0.4 is 10.5 Å². The molecule has 0 aromatic carbocycles. The fourth-order valence-electron chi connectivity index (χ4n) is 1.61. The lowest BCUT2D eigenvalue weighted by Crippen LogP contribution is -2.40. The van der Waals surface area contributed by atoms with Crippen molar-refractivity contribution in [3.05, 3.63) is 23.9 Å². The number of nitrogens with one attached hydrogen (secondary N) is 1. The van der Waals surface area contributed by atoms with Gasteiger partial charge in [-0.3, -0.25) is 4.79 Å². The maximum Gasteiger partial charge on any atom is 0.326 e. The smallest absolute Gasteiger partial charge is 0.326 e. The highest BCUT2D eigenvalue weighted by Gasteiger charge is 2.21. The van der Waals surface area contributed by atoms with Crippen molar-refractivity contribution in [2.24, 2.45) is 5.14 Å². The van der Waals surface area contributed by atoms with Crippen LogP contribution in [0.2, 0.25) is 0 Å². The Morgan fingerprint density at radius 2 is 2.14 bits per heavy atom. The summed E-state index contributed by atoms with van der Waals surface area (Å²) in [7, 11) is -4.03. The van der Waals surface area contributed by atoms with E-state index in [0.717, 1.165) is 18.7 Å². The van der Waals surface area contributed by atoms with Gasteiger partial charge in [0.2, 0.25) is 0 Å². The molecule has 0 saturated heterocycles. The molecule has 1 atom stereocenters. The standard InChI is InChI=1S/C12H17N3O5S/c1-2-3-4-9(12(17)18)15-11(16)8-5-6-14-10(7-8)21(13,19)20/h5-7,9H,2-4H2,1H3,(H,15,16)(H,17,18)(H2,13,19,20)/t9-/m0/s1. The van der Waals surface area contributed by atoms with Gasteiger partial charge >= 0.3 is 5.97 Å². The second-order valence-corrected chi connectivity index (χ2v) is 5.94. The van der Waals surface area contributed by atoms with Gasteiger partial charge < -0.3 is 10.4 Å². The molecule has 1 heterocycles. The maximum absolute atomic E-state index is 12.0. The highest BCUT2D eigenvalue weighted by Crippen LogP contribution is 2.08. The molecular weight excluding hydrogens is 298 g/mol. The van der Waals surface area contributed by atoms with Gasteiger partial charge in [-0.15, -0.1) is 0 Å². The number of carboxylic acids is 1. The predicted octanol–water partition coefficient (Wildman–Crippen LogP) is 0.102. The Kier molecular flexibility index (Phi) is 5.79. The van der Waals surface area contributed by atoms with Crippen LogP contribution >= 0.6 is 0 Å². The lowest BCUT2D eigenvalue weighted by atomic mass is 10.1. The van der Waals surface area contributed by atoms with Crippen molar-refractivity contribution in [2.75, 3.05) is 0 Å². The first-order valence-electron chi connectivity index (χ1n) is 6.28. The van der Waals surface area contributed by atoms with Crippen LogP contribution in [0.4, 0.5) is 0 Å². The summed E-state index contributed by atoms with van der Waals surface area (Å²) in [6.45, 7) is 1.90. The summed E-state index contributed by atoms with van der Waals surface area (Å²) in [6.07, 6.45) is 2.86. The van der Waals surface area contributed by atoms with E-state index in [9.17, 15) is 18.0 Å². The van der Waals surface area contributed by atoms with Gasteiger partial charge in [-0.25, -0.2) is 23.3 Å². The molecule has 4 N–H and O–H groups in total. The van der Waals surface area contributed by atoms with Crippen molar-refractivity contribution in [3.8, 4) is 0 Å². The second-order valence-electron chi connectivity index (χ2n) is 4.43. The molecule has 9 heteroatoms. The second kappa shape index (κ2) is 7.14. The Labute approximate surface area is 122 Å². The molecule has 21 heavy (non-hydrogen) atoms. The van der Waals surface area contributed by atoms with Gasteiger partial charge in [0.1, 0.15) is 6.04 Å². The number of nitrogens with zero attached hydrogens (tertiary/aromatic N) is 1. The molecule has 0 bridgehead atoms. The van der Waals surface area contributed by atoms with Crippen LogP contribution in [0.25, 0.3) is 0 Å². The minimum Gasteiger partial charge on any atom is -0.480 e. The number of carboxylic acid groups (broad SMARTS) is 1. The summed E-state index contributed by atoms with van der Waals surface area (Å²) in [4.78, 5) is 26.6. The first kappa shape index (κ1) is 17.1. The lowest BCUT2D eigenvalue weighted by Gasteiger charge is -2.14. The zero-order valence-electron chi connectivity index (χ0n) is 11.4. The Hall–Kier alpha value is -2.00. The number of rotatable bonds is 7. The largest absolute Gasteiger partial charge is 0.480 e. The summed E-state index contributed by atoms with van der Waals surface area (Å²) in [5.74, 6) is -1.83. The number of hydrogen-bond acceptors (Lipinski definition) is 5. The number of hydrogen-bond donors (Lipinski definition) is 3. The van der Waals surface area contributed by atoms with E-state index in [1.165, 1.54) is 6.07 Å². The van der Waals surface area contributed by atoms with Crippen LogP contribution in [-0.2, 0) is 14.8 Å². The first-order valence-corrected chi connectivity index (χ1v) is 7.83. The normalized spacial score (nSPS) is 12.7. The van der Waals surface area contributed by atoms with E-state index in [4.69, 9.17) is 10.2 Å². The SMILES string of the molecule is CCCC[C@H](NC(=O)c1ccnc(S(N)(=O)=O)c1)C(=O)O. The molecule has 8 nitrogen and oxygen atoms in total. The molecule has 0 unspecified atom stereocenters. The maximum atomic E-state index is 12.0. The van der Waals surface area contributed by atoms with E-state index in [1.54, 1.807) is 0 Å².